The molecule has 1 unspecified atom stereocenters. The average Bonchev–Trinajstić information content (AvgIpc) is 2.87. The first kappa shape index (κ1) is 14.0. The first-order valence-corrected chi connectivity index (χ1v) is 6.76. The molecule has 0 spiro atoms. The summed E-state index contributed by atoms with van der Waals surface area (Å²) in [7, 11) is 0. The van der Waals surface area contributed by atoms with Crippen molar-refractivity contribution in [2.45, 2.75) is 13.3 Å². The quantitative estimate of drug-likeness (QED) is 0.792. The molecular weight excluding hydrogens is 242 g/mol. The molecule has 0 amide bonds. The summed E-state index contributed by atoms with van der Waals surface area (Å²) in [4.78, 5) is 13.7. The van der Waals surface area contributed by atoms with Crippen molar-refractivity contribution in [3.05, 3.63) is 29.8 Å². The lowest BCUT2D eigenvalue weighted by Crippen LogP contribution is -2.26. The Morgan fingerprint density at radius 2 is 2.26 bits per heavy atom. The standard InChI is InChI=1S/C15H21NO3/c1-12(18)14-4-2-3-5-15(14)19-9-8-16-7-6-13(10-16)11-17/h2-5,13,17H,6-11H2,1H3. The molecule has 1 aromatic rings. The van der Waals surface area contributed by atoms with Crippen LogP contribution in [0.25, 0.3) is 0 Å². The number of rotatable bonds is 6. The normalized spacial score (nSPS) is 19.6. The fourth-order valence-corrected chi connectivity index (χ4v) is 2.43. The summed E-state index contributed by atoms with van der Waals surface area (Å²) in [5.74, 6) is 1.09. The highest BCUT2D eigenvalue weighted by Gasteiger charge is 2.21. The molecule has 0 aromatic heterocycles. The van der Waals surface area contributed by atoms with Crippen LogP contribution in [0.4, 0.5) is 0 Å². The zero-order valence-corrected chi connectivity index (χ0v) is 11.3. The van der Waals surface area contributed by atoms with E-state index in [1.165, 1.54) is 0 Å². The molecule has 104 valence electrons. The lowest BCUT2D eigenvalue weighted by molar-refractivity contribution is 0.101. The van der Waals surface area contributed by atoms with Crippen molar-refractivity contribution in [1.82, 2.24) is 4.90 Å². The summed E-state index contributed by atoms with van der Waals surface area (Å²) >= 11 is 0. The summed E-state index contributed by atoms with van der Waals surface area (Å²) in [6.07, 6.45) is 1.06. The third-order valence-electron chi connectivity index (χ3n) is 3.56. The second-order valence-electron chi connectivity index (χ2n) is 5.04. The predicted molar refractivity (Wildman–Crippen MR) is 73.6 cm³/mol. The number of hydrogen-bond donors (Lipinski definition) is 1. The maximum atomic E-state index is 11.4. The number of benzene rings is 1. The fraction of sp³-hybridized carbons (Fsp3) is 0.533. The van der Waals surface area contributed by atoms with E-state index in [1.54, 1.807) is 13.0 Å². The Kier molecular flexibility index (Phi) is 4.93. The van der Waals surface area contributed by atoms with E-state index in [0.29, 0.717) is 23.8 Å². The van der Waals surface area contributed by atoms with Crippen molar-refractivity contribution < 1.29 is 14.6 Å². The Balaban J connectivity index is 1.82. The van der Waals surface area contributed by atoms with Crippen LogP contribution in [0.1, 0.15) is 23.7 Å². The van der Waals surface area contributed by atoms with E-state index in [-0.39, 0.29) is 12.4 Å². The Morgan fingerprint density at radius 3 is 2.95 bits per heavy atom. The van der Waals surface area contributed by atoms with Crippen molar-refractivity contribution in [3.8, 4) is 5.75 Å². The van der Waals surface area contributed by atoms with Gasteiger partial charge in [0.05, 0.1) is 5.56 Å². The topological polar surface area (TPSA) is 49.8 Å². The first-order valence-electron chi connectivity index (χ1n) is 6.76. The van der Waals surface area contributed by atoms with Crippen LogP contribution in [0.15, 0.2) is 24.3 Å². The molecule has 1 atom stereocenters. The van der Waals surface area contributed by atoms with Crippen LogP contribution >= 0.6 is 0 Å². The van der Waals surface area contributed by atoms with Gasteiger partial charge in [0.2, 0.25) is 0 Å². The largest absolute Gasteiger partial charge is 0.491 e. The van der Waals surface area contributed by atoms with E-state index in [1.807, 2.05) is 18.2 Å². The van der Waals surface area contributed by atoms with E-state index in [9.17, 15) is 4.79 Å². The van der Waals surface area contributed by atoms with Gasteiger partial charge in [0.25, 0.3) is 0 Å². The second kappa shape index (κ2) is 6.68. The molecule has 1 saturated heterocycles. The molecule has 0 aliphatic carbocycles. The molecule has 0 saturated carbocycles. The van der Waals surface area contributed by atoms with Crippen molar-refractivity contribution in [1.29, 1.82) is 0 Å². The molecule has 1 aromatic carbocycles. The molecule has 1 aliphatic heterocycles. The van der Waals surface area contributed by atoms with Crippen LogP contribution in [0.3, 0.4) is 0 Å². The lowest BCUT2D eigenvalue weighted by Gasteiger charge is -2.16. The number of Topliss-reactive ketones (excluding diaryl/α,β-unsaturated/α-hetero) is 1. The van der Waals surface area contributed by atoms with Gasteiger partial charge in [0.1, 0.15) is 12.4 Å². The number of likely N-dealkylation sites (tertiary alicyclic amines) is 1. The molecule has 2 rings (SSSR count). The first-order chi connectivity index (χ1) is 9.20. The number of ether oxygens (including phenoxy) is 1. The molecule has 4 nitrogen and oxygen atoms in total. The van der Waals surface area contributed by atoms with Crippen molar-refractivity contribution in [2.75, 3.05) is 32.8 Å². The minimum absolute atomic E-state index is 0.0251. The van der Waals surface area contributed by atoms with E-state index in [0.717, 1.165) is 26.1 Å². The number of ketones is 1. The fourth-order valence-electron chi connectivity index (χ4n) is 2.43. The summed E-state index contributed by atoms with van der Waals surface area (Å²) < 4.78 is 5.70. The van der Waals surface area contributed by atoms with Gasteiger partial charge in [0, 0.05) is 19.7 Å². The third-order valence-corrected chi connectivity index (χ3v) is 3.56. The summed E-state index contributed by atoms with van der Waals surface area (Å²) in [6, 6.07) is 7.34. The minimum Gasteiger partial charge on any atom is -0.491 e. The second-order valence-corrected chi connectivity index (χ2v) is 5.04. The SMILES string of the molecule is CC(=O)c1ccccc1OCCN1CCC(CO)C1. The Hall–Kier alpha value is -1.39. The van der Waals surface area contributed by atoms with Crippen LogP contribution in [0.2, 0.25) is 0 Å². The van der Waals surface area contributed by atoms with Crippen LogP contribution < -0.4 is 4.74 Å². The molecular formula is C15H21NO3. The van der Waals surface area contributed by atoms with Crippen molar-refractivity contribution in [2.24, 2.45) is 5.92 Å². The summed E-state index contributed by atoms with van der Waals surface area (Å²) in [6.45, 7) is 5.18. The van der Waals surface area contributed by atoms with Gasteiger partial charge in [0.15, 0.2) is 5.78 Å². The van der Waals surface area contributed by atoms with Crippen LogP contribution in [0, 0.1) is 5.92 Å². The van der Waals surface area contributed by atoms with E-state index in [2.05, 4.69) is 4.90 Å². The number of aliphatic hydroxyl groups is 1. The van der Waals surface area contributed by atoms with E-state index >= 15 is 0 Å². The third kappa shape index (κ3) is 3.78. The number of hydrogen-bond acceptors (Lipinski definition) is 4. The number of nitrogens with zero attached hydrogens (tertiary/aromatic N) is 1. The number of carbonyl (C=O) groups is 1. The Labute approximate surface area is 114 Å². The molecule has 19 heavy (non-hydrogen) atoms. The maximum absolute atomic E-state index is 11.4. The summed E-state index contributed by atoms with van der Waals surface area (Å²) in [5, 5.41) is 9.09. The van der Waals surface area contributed by atoms with Gasteiger partial charge >= 0.3 is 0 Å². The highest BCUT2D eigenvalue weighted by Crippen LogP contribution is 2.19. The van der Waals surface area contributed by atoms with E-state index < -0.39 is 0 Å². The zero-order chi connectivity index (χ0) is 13.7. The summed E-state index contributed by atoms with van der Waals surface area (Å²) in [5.41, 5.74) is 0.636. The van der Waals surface area contributed by atoms with E-state index in [4.69, 9.17) is 9.84 Å². The van der Waals surface area contributed by atoms with Gasteiger partial charge < -0.3 is 9.84 Å². The highest BCUT2D eigenvalue weighted by atomic mass is 16.5. The Bertz CT molecular complexity index is 433. The predicted octanol–water partition coefficient (Wildman–Crippen LogP) is 1.58. The highest BCUT2D eigenvalue weighted by molar-refractivity contribution is 5.96. The zero-order valence-electron chi connectivity index (χ0n) is 11.3. The smallest absolute Gasteiger partial charge is 0.163 e. The molecule has 1 heterocycles. The molecule has 4 heteroatoms. The van der Waals surface area contributed by atoms with Gasteiger partial charge in [-0.3, -0.25) is 9.69 Å². The van der Waals surface area contributed by atoms with Gasteiger partial charge in [-0.25, -0.2) is 0 Å². The number of aliphatic hydroxyl groups excluding tert-OH is 1. The molecule has 1 N–H and O–H groups in total. The lowest BCUT2D eigenvalue weighted by atomic mass is 10.1. The number of carbonyl (C=O) groups excluding carboxylic acids is 1. The van der Waals surface area contributed by atoms with Crippen molar-refractivity contribution in [3.63, 3.8) is 0 Å². The van der Waals surface area contributed by atoms with Gasteiger partial charge in [-0.1, -0.05) is 12.1 Å². The van der Waals surface area contributed by atoms with Gasteiger partial charge in [-0.2, -0.15) is 0 Å². The maximum Gasteiger partial charge on any atom is 0.163 e. The molecule has 1 fully saturated rings. The van der Waals surface area contributed by atoms with Gasteiger partial charge in [-0.15, -0.1) is 0 Å². The Morgan fingerprint density at radius 1 is 1.47 bits per heavy atom. The van der Waals surface area contributed by atoms with Crippen molar-refractivity contribution >= 4 is 5.78 Å². The molecule has 1 aliphatic rings. The van der Waals surface area contributed by atoms with Crippen LogP contribution in [-0.2, 0) is 0 Å². The van der Waals surface area contributed by atoms with Gasteiger partial charge in [-0.05, 0) is 37.9 Å². The van der Waals surface area contributed by atoms with Crippen LogP contribution in [0.5, 0.6) is 5.75 Å². The number of para-hydroxylation sites is 1. The monoisotopic (exact) mass is 263 g/mol. The van der Waals surface area contributed by atoms with Crippen LogP contribution in [-0.4, -0.2) is 48.6 Å². The minimum atomic E-state index is 0.0251. The molecule has 0 bridgehead atoms. The average molecular weight is 263 g/mol. The molecule has 0 radical (unpaired) electrons.